The van der Waals surface area contributed by atoms with Gasteiger partial charge in [0, 0.05) is 13.0 Å². The lowest BCUT2D eigenvalue weighted by Gasteiger charge is -2.20. The van der Waals surface area contributed by atoms with E-state index in [9.17, 15) is 9.18 Å². The number of carbonyl (C=O) groups excluding carboxylic acids is 1. The van der Waals surface area contributed by atoms with E-state index in [1.54, 1.807) is 18.2 Å². The Morgan fingerprint density at radius 2 is 1.82 bits per heavy atom. The molecule has 0 spiro atoms. The van der Waals surface area contributed by atoms with E-state index in [0.717, 1.165) is 25.7 Å². The van der Waals surface area contributed by atoms with Gasteiger partial charge in [-0.05, 0) is 37.0 Å². The minimum atomic E-state index is -0.318. The Hall–Kier alpha value is -2.47. The van der Waals surface area contributed by atoms with E-state index in [-0.39, 0.29) is 16.9 Å². The summed E-state index contributed by atoms with van der Waals surface area (Å²) in [5, 5.41) is 9.23. The minimum absolute atomic E-state index is 0.0816. The fourth-order valence-corrected chi connectivity index (χ4v) is 4.69. The highest BCUT2D eigenvalue weighted by Gasteiger charge is 2.26. The highest BCUT2D eigenvalue weighted by Crippen LogP contribution is 2.33. The second-order valence-corrected chi connectivity index (χ2v) is 8.16. The molecule has 1 unspecified atom stereocenters. The molecule has 0 aliphatic heterocycles. The topological polar surface area (TPSA) is 47.8 Å². The number of carbonyl (C=O) groups is 1. The van der Waals surface area contributed by atoms with Crippen LogP contribution in [0, 0.1) is 5.82 Å². The number of Topliss-reactive ketones (excluding diaryl/α,β-unsaturated/α-hetero) is 1. The van der Waals surface area contributed by atoms with E-state index in [1.165, 1.54) is 23.4 Å². The molecule has 3 aromatic rings. The Labute approximate surface area is 168 Å². The Morgan fingerprint density at radius 3 is 2.61 bits per heavy atom. The number of nitrogens with zero attached hydrogens (tertiary/aromatic N) is 3. The Bertz CT molecular complexity index is 957. The lowest BCUT2D eigenvalue weighted by atomic mass is 9.99. The van der Waals surface area contributed by atoms with Gasteiger partial charge in [0.25, 0.3) is 0 Å². The van der Waals surface area contributed by atoms with Gasteiger partial charge < -0.3 is 4.57 Å². The highest BCUT2D eigenvalue weighted by atomic mass is 32.2. The molecular formula is C22H22FN3OS. The van der Waals surface area contributed by atoms with Gasteiger partial charge in [-0.25, -0.2) is 4.39 Å². The average molecular weight is 396 g/mol. The number of aryl methyl sites for hydroxylation is 1. The summed E-state index contributed by atoms with van der Waals surface area (Å²) in [6.07, 6.45) is 4.31. The summed E-state index contributed by atoms with van der Waals surface area (Å²) in [7, 11) is 0. The third-order valence-electron chi connectivity index (χ3n) is 5.04. The van der Waals surface area contributed by atoms with Gasteiger partial charge in [0.15, 0.2) is 11.0 Å². The molecular weight excluding hydrogens is 373 g/mol. The van der Waals surface area contributed by atoms with Crippen molar-refractivity contribution in [1.82, 2.24) is 14.8 Å². The Morgan fingerprint density at radius 1 is 1.04 bits per heavy atom. The maximum Gasteiger partial charge on any atom is 0.192 e. The molecule has 1 heterocycles. The maximum atomic E-state index is 14.4. The molecule has 1 aromatic heterocycles. The summed E-state index contributed by atoms with van der Waals surface area (Å²) in [4.78, 5) is 12.3. The monoisotopic (exact) mass is 395 g/mol. The number of thioether (sulfide) groups is 1. The van der Waals surface area contributed by atoms with E-state index in [2.05, 4.69) is 22.3 Å². The van der Waals surface area contributed by atoms with Gasteiger partial charge in [-0.2, -0.15) is 0 Å². The quantitative estimate of drug-likeness (QED) is 0.594. The lowest BCUT2D eigenvalue weighted by Crippen LogP contribution is -2.22. The molecule has 4 rings (SSSR count). The van der Waals surface area contributed by atoms with Gasteiger partial charge in [-0.15, -0.1) is 10.2 Å². The smallest absolute Gasteiger partial charge is 0.192 e. The second-order valence-electron chi connectivity index (χ2n) is 6.99. The summed E-state index contributed by atoms with van der Waals surface area (Å²) in [5.41, 5.74) is 1.63. The highest BCUT2D eigenvalue weighted by molar-refractivity contribution is 8.00. The van der Waals surface area contributed by atoms with Crippen molar-refractivity contribution >= 4 is 17.5 Å². The first-order chi connectivity index (χ1) is 13.7. The fourth-order valence-electron chi connectivity index (χ4n) is 3.51. The molecule has 28 heavy (non-hydrogen) atoms. The molecule has 1 aliphatic rings. The van der Waals surface area contributed by atoms with Crippen LogP contribution in [0.4, 0.5) is 4.39 Å². The first kappa shape index (κ1) is 18.9. The van der Waals surface area contributed by atoms with Crippen molar-refractivity contribution in [3.8, 4) is 11.4 Å². The molecule has 0 bridgehead atoms. The first-order valence-electron chi connectivity index (χ1n) is 9.64. The van der Waals surface area contributed by atoms with Crippen LogP contribution in [0.3, 0.4) is 0 Å². The zero-order chi connectivity index (χ0) is 19.3. The molecule has 1 atom stereocenters. The number of hydrogen-bond donors (Lipinski definition) is 0. The SMILES string of the molecule is O=C1CCCCC1Sc1nnc(-c2ccccc2F)n1CCc1ccccc1. The molecule has 0 radical (unpaired) electrons. The normalized spacial score (nSPS) is 17.0. The number of benzene rings is 2. The van der Waals surface area contributed by atoms with Crippen LogP contribution in [0.15, 0.2) is 59.8 Å². The van der Waals surface area contributed by atoms with Crippen molar-refractivity contribution in [3.05, 3.63) is 66.0 Å². The maximum absolute atomic E-state index is 14.4. The number of hydrogen-bond acceptors (Lipinski definition) is 4. The van der Waals surface area contributed by atoms with E-state index in [4.69, 9.17) is 0 Å². The van der Waals surface area contributed by atoms with Crippen LogP contribution < -0.4 is 0 Å². The van der Waals surface area contributed by atoms with Crippen molar-refractivity contribution in [2.24, 2.45) is 0 Å². The van der Waals surface area contributed by atoms with Crippen molar-refractivity contribution < 1.29 is 9.18 Å². The lowest BCUT2D eigenvalue weighted by molar-refractivity contribution is -0.119. The average Bonchev–Trinajstić information content (AvgIpc) is 3.11. The standard InChI is InChI=1S/C22H22FN3OS/c23-18-11-5-4-10-17(18)21-24-25-22(28-20-13-7-6-12-19(20)27)26(21)15-14-16-8-2-1-3-9-16/h1-5,8-11,20H,6-7,12-15H2. The molecule has 0 amide bonds. The molecule has 1 fully saturated rings. The third-order valence-corrected chi connectivity index (χ3v) is 6.34. The van der Waals surface area contributed by atoms with Crippen molar-refractivity contribution in [2.75, 3.05) is 0 Å². The van der Waals surface area contributed by atoms with E-state index >= 15 is 0 Å². The number of rotatable bonds is 6. The second kappa shape index (κ2) is 8.69. The molecule has 144 valence electrons. The van der Waals surface area contributed by atoms with Crippen LogP contribution >= 0.6 is 11.8 Å². The molecule has 1 aliphatic carbocycles. The molecule has 0 saturated heterocycles. The molecule has 1 saturated carbocycles. The van der Waals surface area contributed by atoms with Gasteiger partial charge in [-0.3, -0.25) is 4.79 Å². The summed E-state index contributed by atoms with van der Waals surface area (Å²) in [5.74, 6) is 0.474. The van der Waals surface area contributed by atoms with Gasteiger partial charge in [-0.1, -0.05) is 60.6 Å². The summed E-state index contributed by atoms with van der Waals surface area (Å²) in [6.45, 7) is 0.629. The summed E-state index contributed by atoms with van der Waals surface area (Å²) >= 11 is 1.47. The number of aromatic nitrogens is 3. The van der Waals surface area contributed by atoms with Crippen molar-refractivity contribution in [1.29, 1.82) is 0 Å². The van der Waals surface area contributed by atoms with Crippen LogP contribution in [0.25, 0.3) is 11.4 Å². The molecule has 0 N–H and O–H groups in total. The van der Waals surface area contributed by atoms with Crippen LogP contribution in [0.2, 0.25) is 0 Å². The van der Waals surface area contributed by atoms with Gasteiger partial charge in [0.1, 0.15) is 11.6 Å². The zero-order valence-corrected chi connectivity index (χ0v) is 16.4. The van der Waals surface area contributed by atoms with Gasteiger partial charge >= 0.3 is 0 Å². The minimum Gasteiger partial charge on any atom is -0.302 e. The van der Waals surface area contributed by atoms with Crippen LogP contribution in [0.1, 0.15) is 31.2 Å². The fraction of sp³-hybridized carbons (Fsp3) is 0.318. The number of halogens is 1. The first-order valence-corrected chi connectivity index (χ1v) is 10.5. The van der Waals surface area contributed by atoms with Crippen LogP contribution in [0.5, 0.6) is 0 Å². The van der Waals surface area contributed by atoms with Crippen molar-refractivity contribution in [3.63, 3.8) is 0 Å². The summed E-state index contributed by atoms with van der Waals surface area (Å²) < 4.78 is 16.4. The van der Waals surface area contributed by atoms with Crippen molar-refractivity contribution in [2.45, 2.75) is 49.1 Å². The largest absolute Gasteiger partial charge is 0.302 e. The Balaban J connectivity index is 1.65. The Kier molecular flexibility index (Phi) is 5.86. The molecule has 6 heteroatoms. The van der Waals surface area contributed by atoms with Crippen LogP contribution in [-0.4, -0.2) is 25.8 Å². The predicted molar refractivity (Wildman–Crippen MR) is 109 cm³/mol. The van der Waals surface area contributed by atoms with Gasteiger partial charge in [0.2, 0.25) is 0 Å². The molecule has 2 aromatic carbocycles. The van der Waals surface area contributed by atoms with E-state index < -0.39 is 0 Å². The zero-order valence-electron chi connectivity index (χ0n) is 15.6. The van der Waals surface area contributed by atoms with E-state index in [0.29, 0.717) is 29.5 Å². The van der Waals surface area contributed by atoms with Crippen LogP contribution in [-0.2, 0) is 17.8 Å². The van der Waals surface area contributed by atoms with E-state index in [1.807, 2.05) is 22.8 Å². The molecule has 4 nitrogen and oxygen atoms in total. The predicted octanol–water partition coefficient (Wildman–Crippen LogP) is 4.93. The van der Waals surface area contributed by atoms with Gasteiger partial charge in [0.05, 0.1) is 10.8 Å². The summed E-state index contributed by atoms with van der Waals surface area (Å²) in [6, 6.07) is 16.8. The number of ketones is 1. The third kappa shape index (κ3) is 4.17.